The Balaban J connectivity index is 4.04. The molecule has 0 aromatic heterocycles. The van der Waals surface area contributed by atoms with Crippen molar-refractivity contribution < 1.29 is 42.9 Å². The molecule has 83 heavy (non-hydrogen) atoms. The van der Waals surface area contributed by atoms with Gasteiger partial charge in [0.1, 0.15) is 13.2 Å². The third-order valence-corrected chi connectivity index (χ3v) is 16.7. The van der Waals surface area contributed by atoms with Crippen LogP contribution in [0.5, 0.6) is 0 Å². The van der Waals surface area contributed by atoms with Crippen LogP contribution in [0.25, 0.3) is 0 Å². The standard InChI is InChI=1S/C74H141NO8/c1-6-8-10-12-14-16-18-20-22-24-26-28-30-32-34-36-38-40-42-44-46-48-50-52-54-56-58-60-62-64-71(76)81-68-70(69-82-74(73(78)79)80-67-66-75(3,4)5)83-72(77)65-63-61-59-57-55-53-51-49-47-45-43-41-39-37-35-33-31-29-27-25-23-21-19-17-15-13-11-9-7-2/h19,21,25,27,70,74H,6-18,20,22-24,26,28-69H2,1-5H3/p+1/b21-19-,27-25-. The average molecular weight is 1170 g/mol. The molecule has 0 aliphatic heterocycles. The highest BCUT2D eigenvalue weighted by atomic mass is 16.7. The first-order chi connectivity index (χ1) is 40.6. The van der Waals surface area contributed by atoms with E-state index >= 15 is 0 Å². The number of likely N-dealkylation sites (N-methyl/N-ethyl adjacent to an activating group) is 1. The number of ether oxygens (including phenoxy) is 4. The van der Waals surface area contributed by atoms with Gasteiger partial charge in [0, 0.05) is 12.8 Å². The summed E-state index contributed by atoms with van der Waals surface area (Å²) in [6.45, 7) is 4.95. The molecule has 0 aliphatic carbocycles. The Morgan fingerprint density at radius 2 is 0.651 bits per heavy atom. The first kappa shape index (κ1) is 80.8. The number of aliphatic carboxylic acids is 1. The largest absolute Gasteiger partial charge is 0.477 e. The average Bonchev–Trinajstić information content (AvgIpc) is 3.46. The van der Waals surface area contributed by atoms with Gasteiger partial charge in [-0.25, -0.2) is 4.79 Å². The van der Waals surface area contributed by atoms with E-state index < -0.39 is 18.4 Å². The molecule has 0 aromatic rings. The number of quaternary nitrogens is 1. The normalized spacial score (nSPS) is 12.7. The summed E-state index contributed by atoms with van der Waals surface area (Å²) in [5, 5.41) is 9.75. The minimum absolute atomic E-state index is 0.175. The summed E-state index contributed by atoms with van der Waals surface area (Å²) < 4.78 is 23.0. The summed E-state index contributed by atoms with van der Waals surface area (Å²) in [7, 11) is 5.99. The van der Waals surface area contributed by atoms with Crippen molar-refractivity contribution in [2.45, 2.75) is 386 Å². The molecule has 0 aromatic carbocycles. The number of unbranched alkanes of at least 4 members (excludes halogenated alkanes) is 50. The van der Waals surface area contributed by atoms with Crippen molar-refractivity contribution in [1.29, 1.82) is 0 Å². The van der Waals surface area contributed by atoms with Gasteiger partial charge < -0.3 is 28.5 Å². The van der Waals surface area contributed by atoms with Gasteiger partial charge in [0.2, 0.25) is 0 Å². The summed E-state index contributed by atoms with van der Waals surface area (Å²) in [5.74, 6) is -1.97. The number of carboxylic acids is 1. The van der Waals surface area contributed by atoms with E-state index in [9.17, 15) is 19.5 Å². The highest BCUT2D eigenvalue weighted by Crippen LogP contribution is 2.19. The Kier molecular flexibility index (Phi) is 64.0. The first-order valence-corrected chi connectivity index (χ1v) is 36.5. The third-order valence-electron chi connectivity index (χ3n) is 16.7. The zero-order valence-corrected chi connectivity index (χ0v) is 56.1. The Morgan fingerprint density at radius 3 is 0.952 bits per heavy atom. The lowest BCUT2D eigenvalue weighted by Crippen LogP contribution is -2.40. The molecular weight excluding hydrogens is 1030 g/mol. The van der Waals surface area contributed by atoms with Crippen molar-refractivity contribution in [2.75, 3.05) is 47.5 Å². The quantitative estimate of drug-likeness (QED) is 0.0211. The van der Waals surface area contributed by atoms with Gasteiger partial charge in [0.05, 0.1) is 34.4 Å². The molecule has 0 rings (SSSR count). The van der Waals surface area contributed by atoms with Crippen LogP contribution in [0, 0.1) is 0 Å². The Bertz CT molecular complexity index is 1410. The van der Waals surface area contributed by atoms with E-state index in [4.69, 9.17) is 18.9 Å². The van der Waals surface area contributed by atoms with Gasteiger partial charge >= 0.3 is 17.9 Å². The van der Waals surface area contributed by atoms with Crippen molar-refractivity contribution >= 4 is 17.9 Å². The van der Waals surface area contributed by atoms with Crippen LogP contribution < -0.4 is 0 Å². The lowest BCUT2D eigenvalue weighted by molar-refractivity contribution is -0.870. The fourth-order valence-corrected chi connectivity index (χ4v) is 11.1. The molecule has 2 atom stereocenters. The highest BCUT2D eigenvalue weighted by molar-refractivity contribution is 5.71. The summed E-state index contributed by atoms with van der Waals surface area (Å²) >= 11 is 0. The monoisotopic (exact) mass is 1170 g/mol. The van der Waals surface area contributed by atoms with E-state index in [-0.39, 0.29) is 38.2 Å². The second-order valence-corrected chi connectivity index (χ2v) is 26.3. The molecule has 9 heteroatoms. The number of esters is 2. The summed E-state index contributed by atoms with van der Waals surface area (Å²) in [6, 6.07) is 0. The minimum atomic E-state index is -1.51. The number of nitrogens with zero attached hydrogens (tertiary/aromatic N) is 1. The SMILES string of the molecule is CCCCCCC/C=C\C/C=C\CCCCCCCCCCCCCCCCCCCC(=O)OC(COC(=O)CCCCCCCCCCCCCCCCCCCCCCCCCCCCCCC)COC(OCC[N+](C)(C)C)C(=O)O. The lowest BCUT2D eigenvalue weighted by atomic mass is 10.0. The number of hydrogen-bond donors (Lipinski definition) is 1. The van der Waals surface area contributed by atoms with Crippen LogP contribution >= 0.6 is 0 Å². The molecule has 0 aliphatic rings. The van der Waals surface area contributed by atoms with Crippen LogP contribution in [0.1, 0.15) is 373 Å². The van der Waals surface area contributed by atoms with Gasteiger partial charge in [-0.05, 0) is 44.9 Å². The van der Waals surface area contributed by atoms with Crippen LogP contribution in [-0.4, -0.2) is 87.4 Å². The van der Waals surface area contributed by atoms with Crippen LogP contribution in [0.3, 0.4) is 0 Å². The van der Waals surface area contributed by atoms with Crippen molar-refractivity contribution in [3.05, 3.63) is 24.3 Å². The van der Waals surface area contributed by atoms with Crippen molar-refractivity contribution in [1.82, 2.24) is 0 Å². The fraction of sp³-hybridized carbons (Fsp3) is 0.905. The zero-order valence-electron chi connectivity index (χ0n) is 56.1. The van der Waals surface area contributed by atoms with Gasteiger partial charge in [0.25, 0.3) is 6.29 Å². The molecule has 0 amide bonds. The minimum Gasteiger partial charge on any atom is -0.477 e. The van der Waals surface area contributed by atoms with Gasteiger partial charge in [0.15, 0.2) is 6.10 Å². The van der Waals surface area contributed by atoms with E-state index in [0.29, 0.717) is 17.4 Å². The second-order valence-electron chi connectivity index (χ2n) is 26.3. The molecule has 0 radical (unpaired) electrons. The molecule has 1 N–H and O–H groups in total. The molecule has 9 nitrogen and oxygen atoms in total. The van der Waals surface area contributed by atoms with Crippen molar-refractivity contribution in [3.63, 3.8) is 0 Å². The number of allylic oxidation sites excluding steroid dienone is 4. The van der Waals surface area contributed by atoms with E-state index in [0.717, 1.165) is 44.9 Å². The predicted octanol–water partition coefficient (Wildman–Crippen LogP) is 22.6. The molecule has 0 saturated heterocycles. The van der Waals surface area contributed by atoms with Gasteiger partial charge in [-0.3, -0.25) is 9.59 Å². The van der Waals surface area contributed by atoms with Gasteiger partial charge in [-0.2, -0.15) is 0 Å². The van der Waals surface area contributed by atoms with Gasteiger partial charge in [-0.1, -0.05) is 340 Å². The van der Waals surface area contributed by atoms with Gasteiger partial charge in [-0.15, -0.1) is 0 Å². The maximum atomic E-state index is 13.0. The topological polar surface area (TPSA) is 108 Å². The maximum absolute atomic E-state index is 13.0. The number of carbonyl (C=O) groups is 3. The summed E-state index contributed by atoms with van der Waals surface area (Å²) in [4.78, 5) is 37.6. The Labute approximate surface area is 516 Å². The number of carbonyl (C=O) groups excluding carboxylic acids is 2. The van der Waals surface area contributed by atoms with E-state index in [1.807, 2.05) is 21.1 Å². The van der Waals surface area contributed by atoms with Crippen molar-refractivity contribution in [3.8, 4) is 0 Å². The molecule has 0 fully saturated rings. The summed E-state index contributed by atoms with van der Waals surface area (Å²) in [5.41, 5.74) is 0. The molecule has 0 heterocycles. The lowest BCUT2D eigenvalue weighted by Gasteiger charge is -2.25. The zero-order chi connectivity index (χ0) is 60.5. The summed E-state index contributed by atoms with van der Waals surface area (Å²) in [6.07, 6.45) is 78.8. The van der Waals surface area contributed by atoms with Crippen molar-refractivity contribution in [2.24, 2.45) is 0 Å². The first-order valence-electron chi connectivity index (χ1n) is 36.5. The van der Waals surface area contributed by atoms with E-state index in [1.54, 1.807) is 0 Å². The number of rotatable bonds is 69. The fourth-order valence-electron chi connectivity index (χ4n) is 11.1. The highest BCUT2D eigenvalue weighted by Gasteiger charge is 2.25. The van der Waals surface area contributed by atoms with Crippen LogP contribution in [0.4, 0.5) is 0 Å². The Morgan fingerprint density at radius 1 is 0.361 bits per heavy atom. The second kappa shape index (κ2) is 65.7. The molecule has 2 unspecified atom stereocenters. The smallest absolute Gasteiger partial charge is 0.361 e. The van der Waals surface area contributed by atoms with Crippen LogP contribution in [0.2, 0.25) is 0 Å². The molecule has 490 valence electrons. The van der Waals surface area contributed by atoms with Crippen LogP contribution in [-0.2, 0) is 33.3 Å². The Hall–Kier alpha value is -2.23. The predicted molar refractivity (Wildman–Crippen MR) is 355 cm³/mol. The molecule has 0 spiro atoms. The molecule has 0 saturated carbocycles. The maximum Gasteiger partial charge on any atom is 0.361 e. The van der Waals surface area contributed by atoms with E-state index in [2.05, 4.69) is 38.2 Å². The van der Waals surface area contributed by atoms with Crippen LogP contribution in [0.15, 0.2) is 24.3 Å². The molecular formula is C74H142NO8+. The third kappa shape index (κ3) is 67.1. The number of carboxylic acid groups (broad SMARTS) is 1. The molecule has 0 bridgehead atoms. The number of hydrogen-bond acceptors (Lipinski definition) is 7. The van der Waals surface area contributed by atoms with E-state index in [1.165, 1.54) is 302 Å².